The average Bonchev–Trinajstić information content (AvgIpc) is 2.25. The van der Waals surface area contributed by atoms with Crippen LogP contribution < -0.4 is 4.74 Å². The molecule has 6 heteroatoms. The summed E-state index contributed by atoms with van der Waals surface area (Å²) >= 11 is 17.5. The van der Waals surface area contributed by atoms with E-state index in [1.165, 1.54) is 12.4 Å². The summed E-state index contributed by atoms with van der Waals surface area (Å²) in [7, 11) is 0. The van der Waals surface area contributed by atoms with E-state index in [1.807, 2.05) is 0 Å². The highest BCUT2D eigenvalue weighted by Gasteiger charge is 2.07. The topological polar surface area (TPSA) is 35.0 Å². The molecule has 16 heavy (non-hydrogen) atoms. The van der Waals surface area contributed by atoms with Crippen LogP contribution in [0.3, 0.4) is 0 Å². The molecule has 0 spiro atoms. The predicted molar refractivity (Wildman–Crippen MR) is 63.6 cm³/mol. The first-order valence-corrected chi connectivity index (χ1v) is 5.39. The average molecular weight is 276 g/mol. The van der Waals surface area contributed by atoms with E-state index in [0.717, 1.165) is 0 Å². The van der Waals surface area contributed by atoms with Gasteiger partial charge in [-0.05, 0) is 12.1 Å². The second-order valence-electron chi connectivity index (χ2n) is 2.83. The summed E-state index contributed by atoms with van der Waals surface area (Å²) in [6, 6.07) is 6.57. The fourth-order valence-corrected chi connectivity index (χ4v) is 1.52. The molecule has 0 saturated carbocycles. The maximum absolute atomic E-state index is 5.95. The lowest BCUT2D eigenvalue weighted by Crippen LogP contribution is -1.89. The molecule has 1 heterocycles. The molecule has 0 bridgehead atoms. The molecule has 2 rings (SSSR count). The van der Waals surface area contributed by atoms with Crippen LogP contribution in [0.5, 0.6) is 11.6 Å². The summed E-state index contributed by atoms with van der Waals surface area (Å²) in [5.74, 6) is 0.730. The highest BCUT2D eigenvalue weighted by Crippen LogP contribution is 2.34. The lowest BCUT2D eigenvalue weighted by molar-refractivity contribution is 0.462. The molecular weight excluding hydrogens is 270 g/mol. The molecule has 0 N–H and O–H groups in total. The largest absolute Gasteiger partial charge is 0.437 e. The zero-order chi connectivity index (χ0) is 11.5. The van der Waals surface area contributed by atoms with Crippen molar-refractivity contribution in [3.63, 3.8) is 0 Å². The molecular formula is C10H5Cl3N2O. The van der Waals surface area contributed by atoms with Gasteiger partial charge in [0.05, 0.1) is 5.02 Å². The Bertz CT molecular complexity index is 519. The van der Waals surface area contributed by atoms with Crippen LogP contribution in [0.4, 0.5) is 0 Å². The second kappa shape index (κ2) is 4.87. The van der Waals surface area contributed by atoms with Crippen LogP contribution in [0.15, 0.2) is 30.6 Å². The Hall–Kier alpha value is -1.03. The Labute approximate surface area is 107 Å². The maximum atomic E-state index is 5.95. The van der Waals surface area contributed by atoms with Crippen LogP contribution in [-0.4, -0.2) is 9.97 Å². The molecule has 0 aliphatic carbocycles. The van der Waals surface area contributed by atoms with Gasteiger partial charge in [0.25, 0.3) is 0 Å². The van der Waals surface area contributed by atoms with E-state index in [0.29, 0.717) is 26.8 Å². The van der Waals surface area contributed by atoms with Crippen molar-refractivity contribution < 1.29 is 4.74 Å². The Kier molecular flexibility index (Phi) is 3.49. The lowest BCUT2D eigenvalue weighted by atomic mass is 10.3. The van der Waals surface area contributed by atoms with E-state index < -0.39 is 0 Å². The Balaban J connectivity index is 2.31. The number of ether oxygens (including phenoxy) is 1. The molecule has 0 aliphatic heterocycles. The molecule has 0 saturated heterocycles. The minimum atomic E-state index is 0.295. The first kappa shape index (κ1) is 11.5. The molecule has 0 amide bonds. The summed E-state index contributed by atoms with van der Waals surface area (Å²) in [6.07, 6.45) is 1.30. The van der Waals surface area contributed by atoms with Crippen molar-refractivity contribution in [1.29, 1.82) is 0 Å². The first-order chi connectivity index (χ1) is 7.66. The van der Waals surface area contributed by atoms with Gasteiger partial charge in [0.2, 0.25) is 5.88 Å². The molecule has 0 aliphatic rings. The zero-order valence-corrected chi connectivity index (χ0v) is 10.1. The van der Waals surface area contributed by atoms with Gasteiger partial charge in [0.15, 0.2) is 0 Å². The van der Waals surface area contributed by atoms with Crippen molar-refractivity contribution in [2.75, 3.05) is 0 Å². The van der Waals surface area contributed by atoms with Gasteiger partial charge < -0.3 is 4.74 Å². The molecule has 2 aromatic rings. The number of halogens is 3. The Morgan fingerprint density at radius 2 is 1.88 bits per heavy atom. The normalized spacial score (nSPS) is 10.2. The molecule has 0 atom stereocenters. The fraction of sp³-hybridized carbons (Fsp3) is 0. The van der Waals surface area contributed by atoms with Gasteiger partial charge in [-0.3, -0.25) is 0 Å². The minimum Gasteiger partial charge on any atom is -0.437 e. The smallest absolute Gasteiger partial charge is 0.223 e. The van der Waals surface area contributed by atoms with Gasteiger partial charge in [-0.15, -0.1) is 0 Å². The van der Waals surface area contributed by atoms with Crippen LogP contribution in [0.25, 0.3) is 0 Å². The highest BCUT2D eigenvalue weighted by atomic mass is 35.5. The van der Waals surface area contributed by atoms with E-state index >= 15 is 0 Å². The fourth-order valence-electron chi connectivity index (χ4n) is 1.05. The Morgan fingerprint density at radius 1 is 1.06 bits per heavy atom. The minimum absolute atomic E-state index is 0.295. The van der Waals surface area contributed by atoms with Crippen LogP contribution in [0.2, 0.25) is 15.2 Å². The van der Waals surface area contributed by atoms with E-state index in [9.17, 15) is 0 Å². The molecule has 3 nitrogen and oxygen atoms in total. The standard InChI is InChI=1S/C10H5Cl3N2O/c11-6-2-1-3-7(10(6)13)16-9-4-8(12)14-5-15-9/h1-5H. The number of benzene rings is 1. The summed E-state index contributed by atoms with van der Waals surface area (Å²) < 4.78 is 5.42. The molecule has 0 radical (unpaired) electrons. The SMILES string of the molecule is Clc1cc(Oc2cccc(Cl)c2Cl)ncn1. The molecule has 1 aromatic carbocycles. The number of rotatable bonds is 2. The summed E-state index contributed by atoms with van der Waals surface area (Å²) in [6.45, 7) is 0. The van der Waals surface area contributed by atoms with Crippen LogP contribution in [0.1, 0.15) is 0 Å². The van der Waals surface area contributed by atoms with E-state index in [1.54, 1.807) is 18.2 Å². The van der Waals surface area contributed by atoms with Crippen LogP contribution in [-0.2, 0) is 0 Å². The Morgan fingerprint density at radius 3 is 2.62 bits per heavy atom. The second-order valence-corrected chi connectivity index (χ2v) is 4.01. The third-order valence-corrected chi connectivity index (χ3v) is 2.75. The number of nitrogens with zero attached hydrogens (tertiary/aromatic N) is 2. The maximum Gasteiger partial charge on any atom is 0.223 e. The van der Waals surface area contributed by atoms with Crippen molar-refractivity contribution in [3.05, 3.63) is 45.8 Å². The number of aromatic nitrogens is 2. The van der Waals surface area contributed by atoms with Gasteiger partial charge in [0.1, 0.15) is 22.3 Å². The summed E-state index contributed by atoms with van der Waals surface area (Å²) in [4.78, 5) is 7.62. The van der Waals surface area contributed by atoms with Gasteiger partial charge in [0, 0.05) is 6.07 Å². The van der Waals surface area contributed by atoms with Crippen molar-refractivity contribution >= 4 is 34.8 Å². The van der Waals surface area contributed by atoms with Crippen LogP contribution in [0, 0.1) is 0 Å². The zero-order valence-electron chi connectivity index (χ0n) is 7.82. The van der Waals surface area contributed by atoms with Gasteiger partial charge in [-0.2, -0.15) is 0 Å². The first-order valence-electron chi connectivity index (χ1n) is 4.26. The molecule has 0 fully saturated rings. The van der Waals surface area contributed by atoms with Crippen molar-refractivity contribution in [2.24, 2.45) is 0 Å². The lowest BCUT2D eigenvalue weighted by Gasteiger charge is -2.06. The third kappa shape index (κ3) is 2.55. The van der Waals surface area contributed by atoms with Gasteiger partial charge in [-0.1, -0.05) is 40.9 Å². The van der Waals surface area contributed by atoms with Gasteiger partial charge in [-0.25, -0.2) is 9.97 Å². The number of hydrogen-bond donors (Lipinski definition) is 0. The number of hydrogen-bond acceptors (Lipinski definition) is 3. The molecule has 1 aromatic heterocycles. The van der Waals surface area contributed by atoms with Crippen LogP contribution >= 0.6 is 34.8 Å². The highest BCUT2D eigenvalue weighted by molar-refractivity contribution is 6.42. The van der Waals surface area contributed by atoms with Crippen molar-refractivity contribution in [2.45, 2.75) is 0 Å². The quantitative estimate of drug-likeness (QED) is 0.769. The summed E-state index contributed by atoms with van der Waals surface area (Å²) in [5, 5.41) is 1.04. The predicted octanol–water partition coefficient (Wildman–Crippen LogP) is 4.23. The summed E-state index contributed by atoms with van der Waals surface area (Å²) in [5.41, 5.74) is 0. The monoisotopic (exact) mass is 274 g/mol. The van der Waals surface area contributed by atoms with Crippen molar-refractivity contribution in [1.82, 2.24) is 9.97 Å². The third-order valence-electron chi connectivity index (χ3n) is 1.74. The van der Waals surface area contributed by atoms with E-state index in [4.69, 9.17) is 39.5 Å². The van der Waals surface area contributed by atoms with Gasteiger partial charge >= 0.3 is 0 Å². The van der Waals surface area contributed by atoms with E-state index in [2.05, 4.69) is 9.97 Å². The van der Waals surface area contributed by atoms with E-state index in [-0.39, 0.29) is 0 Å². The molecule has 0 unspecified atom stereocenters. The van der Waals surface area contributed by atoms with Crippen molar-refractivity contribution in [3.8, 4) is 11.6 Å². The molecule has 82 valence electrons.